The lowest BCUT2D eigenvalue weighted by Gasteiger charge is -2.24. The van der Waals surface area contributed by atoms with Gasteiger partial charge in [-0.05, 0) is 24.5 Å². The molecule has 5 nitrogen and oxygen atoms in total. The summed E-state index contributed by atoms with van der Waals surface area (Å²) in [6, 6.07) is 17.3. The number of anilines is 1. The first-order valence-corrected chi connectivity index (χ1v) is 8.49. The van der Waals surface area contributed by atoms with Crippen LogP contribution in [0.2, 0.25) is 0 Å². The van der Waals surface area contributed by atoms with Gasteiger partial charge in [0.1, 0.15) is 0 Å². The van der Waals surface area contributed by atoms with E-state index in [2.05, 4.69) is 5.32 Å². The van der Waals surface area contributed by atoms with Crippen molar-refractivity contribution in [2.75, 3.05) is 5.32 Å². The van der Waals surface area contributed by atoms with E-state index in [4.69, 9.17) is 4.74 Å². The molecule has 2 N–H and O–H groups in total. The molecule has 2 aliphatic rings. The minimum atomic E-state index is -0.955. The number of amides is 1. The van der Waals surface area contributed by atoms with Gasteiger partial charge in [0.25, 0.3) is 0 Å². The van der Waals surface area contributed by atoms with Crippen LogP contribution in [0.1, 0.15) is 12.8 Å². The molecular weight excluding hydrogens is 318 g/mol. The Morgan fingerprint density at radius 3 is 2.28 bits per heavy atom. The maximum atomic E-state index is 12.8. The van der Waals surface area contributed by atoms with Crippen molar-refractivity contribution in [1.82, 2.24) is 0 Å². The largest absolute Gasteiger partial charge is 0.481 e. The molecule has 0 aromatic heterocycles. The Hall–Kier alpha value is -2.66. The van der Waals surface area contributed by atoms with Gasteiger partial charge in [-0.3, -0.25) is 9.59 Å². The summed E-state index contributed by atoms with van der Waals surface area (Å²) < 4.78 is 5.69. The van der Waals surface area contributed by atoms with Crippen molar-refractivity contribution >= 4 is 17.6 Å². The number of benzene rings is 2. The number of carbonyl (C=O) groups is 2. The molecule has 4 unspecified atom stereocenters. The molecule has 2 saturated heterocycles. The third-order valence-electron chi connectivity index (χ3n) is 5.13. The molecule has 2 aromatic carbocycles. The number of rotatable bonds is 4. The molecule has 2 fully saturated rings. The standard InChI is InChI=1S/C20H19NO4/c22-19(17-15-10-11-16(25-15)18(17)20(23)24)21-14-9-5-4-8-13(14)12-6-2-1-3-7-12/h1-9,15-18H,10-11H2,(H,21,22)(H,23,24). The first kappa shape index (κ1) is 15.8. The average Bonchev–Trinajstić information content (AvgIpc) is 3.24. The number of para-hydroxylation sites is 1. The molecule has 0 radical (unpaired) electrons. The van der Waals surface area contributed by atoms with Crippen molar-refractivity contribution in [3.8, 4) is 11.1 Å². The van der Waals surface area contributed by atoms with Crippen molar-refractivity contribution < 1.29 is 19.4 Å². The van der Waals surface area contributed by atoms with E-state index in [1.54, 1.807) is 0 Å². The first-order valence-electron chi connectivity index (χ1n) is 8.49. The zero-order valence-corrected chi connectivity index (χ0v) is 13.6. The second-order valence-electron chi connectivity index (χ2n) is 6.58. The summed E-state index contributed by atoms with van der Waals surface area (Å²) in [5, 5.41) is 12.4. The van der Waals surface area contributed by atoms with Gasteiger partial charge in [-0.2, -0.15) is 0 Å². The SMILES string of the molecule is O=C(O)C1C2CCC(O2)C1C(=O)Nc1ccccc1-c1ccccc1. The highest BCUT2D eigenvalue weighted by molar-refractivity contribution is 5.99. The van der Waals surface area contributed by atoms with Crippen LogP contribution < -0.4 is 5.32 Å². The summed E-state index contributed by atoms with van der Waals surface area (Å²) in [5.74, 6) is -2.63. The lowest BCUT2D eigenvalue weighted by Crippen LogP contribution is -2.41. The lowest BCUT2D eigenvalue weighted by molar-refractivity contribution is -0.147. The van der Waals surface area contributed by atoms with Gasteiger partial charge >= 0.3 is 5.97 Å². The van der Waals surface area contributed by atoms with Crippen LogP contribution in [0.4, 0.5) is 5.69 Å². The van der Waals surface area contributed by atoms with Crippen molar-refractivity contribution in [3.05, 3.63) is 54.6 Å². The highest BCUT2D eigenvalue weighted by Crippen LogP contribution is 2.44. The number of aliphatic carboxylic acids is 1. The van der Waals surface area contributed by atoms with E-state index in [1.165, 1.54) is 0 Å². The van der Waals surface area contributed by atoms with Crippen molar-refractivity contribution in [2.24, 2.45) is 11.8 Å². The molecule has 0 saturated carbocycles. The fourth-order valence-electron chi connectivity index (χ4n) is 4.00. The van der Waals surface area contributed by atoms with Gasteiger partial charge in [-0.25, -0.2) is 0 Å². The minimum absolute atomic E-state index is 0.275. The molecule has 2 aliphatic heterocycles. The highest BCUT2D eigenvalue weighted by atomic mass is 16.5. The Labute approximate surface area is 145 Å². The van der Waals surface area contributed by atoms with Crippen LogP contribution in [-0.2, 0) is 14.3 Å². The fraction of sp³-hybridized carbons (Fsp3) is 0.300. The predicted molar refractivity (Wildman–Crippen MR) is 93.0 cm³/mol. The third kappa shape index (κ3) is 2.81. The Morgan fingerprint density at radius 2 is 1.56 bits per heavy atom. The maximum Gasteiger partial charge on any atom is 0.310 e. The number of carboxylic acids is 1. The zero-order valence-electron chi connectivity index (χ0n) is 13.6. The molecule has 0 aliphatic carbocycles. The maximum absolute atomic E-state index is 12.8. The second-order valence-corrected chi connectivity index (χ2v) is 6.58. The minimum Gasteiger partial charge on any atom is -0.481 e. The zero-order chi connectivity index (χ0) is 17.4. The summed E-state index contributed by atoms with van der Waals surface area (Å²) >= 11 is 0. The van der Waals surface area contributed by atoms with Gasteiger partial charge in [0.2, 0.25) is 5.91 Å². The van der Waals surface area contributed by atoms with Crippen molar-refractivity contribution in [3.63, 3.8) is 0 Å². The quantitative estimate of drug-likeness (QED) is 0.898. The van der Waals surface area contributed by atoms with Crippen molar-refractivity contribution in [1.29, 1.82) is 0 Å². The van der Waals surface area contributed by atoms with E-state index in [1.807, 2.05) is 54.6 Å². The van der Waals surface area contributed by atoms with E-state index in [0.29, 0.717) is 12.1 Å². The second kappa shape index (κ2) is 6.33. The molecule has 5 heteroatoms. The Kier molecular flexibility index (Phi) is 4.01. The van der Waals surface area contributed by atoms with Gasteiger partial charge < -0.3 is 15.2 Å². The van der Waals surface area contributed by atoms with Crippen molar-refractivity contribution in [2.45, 2.75) is 25.0 Å². The third-order valence-corrected chi connectivity index (χ3v) is 5.13. The molecule has 2 bridgehead atoms. The van der Waals surface area contributed by atoms with Gasteiger partial charge in [-0.15, -0.1) is 0 Å². The van der Waals surface area contributed by atoms with Gasteiger partial charge in [-0.1, -0.05) is 48.5 Å². The van der Waals surface area contributed by atoms with Crippen LogP contribution in [-0.4, -0.2) is 29.2 Å². The predicted octanol–water partition coefficient (Wildman–Crippen LogP) is 3.17. The average molecular weight is 337 g/mol. The molecule has 4 atom stereocenters. The molecule has 128 valence electrons. The van der Waals surface area contributed by atoms with Crippen LogP contribution in [0.25, 0.3) is 11.1 Å². The number of carbonyl (C=O) groups excluding carboxylic acids is 1. The van der Waals surface area contributed by atoms with E-state index in [-0.39, 0.29) is 18.1 Å². The Bertz CT molecular complexity index is 804. The van der Waals surface area contributed by atoms with Crippen LogP contribution in [0, 0.1) is 11.8 Å². The summed E-state index contributed by atoms with van der Waals surface area (Å²) in [6.45, 7) is 0. The Morgan fingerprint density at radius 1 is 0.920 bits per heavy atom. The molecular formula is C20H19NO4. The molecule has 2 heterocycles. The van der Waals surface area contributed by atoms with E-state index in [9.17, 15) is 14.7 Å². The van der Waals surface area contributed by atoms with E-state index < -0.39 is 17.8 Å². The monoisotopic (exact) mass is 337 g/mol. The van der Waals surface area contributed by atoms with E-state index in [0.717, 1.165) is 17.5 Å². The summed E-state index contributed by atoms with van der Waals surface area (Å²) in [7, 11) is 0. The molecule has 1 amide bonds. The van der Waals surface area contributed by atoms with Crippen LogP contribution in [0.15, 0.2) is 54.6 Å². The number of fused-ring (bicyclic) bond motifs is 2. The normalized spacial score (nSPS) is 27.2. The van der Waals surface area contributed by atoms with Gasteiger partial charge in [0.15, 0.2) is 0 Å². The molecule has 25 heavy (non-hydrogen) atoms. The topological polar surface area (TPSA) is 75.6 Å². The van der Waals surface area contributed by atoms with Crippen LogP contribution in [0.3, 0.4) is 0 Å². The molecule has 4 rings (SSSR count). The van der Waals surface area contributed by atoms with Crippen LogP contribution >= 0.6 is 0 Å². The lowest BCUT2D eigenvalue weighted by atomic mass is 9.78. The first-order chi connectivity index (χ1) is 12.1. The summed E-state index contributed by atoms with van der Waals surface area (Å²) in [4.78, 5) is 24.4. The number of ether oxygens (including phenoxy) is 1. The Balaban J connectivity index is 1.61. The summed E-state index contributed by atoms with van der Waals surface area (Å²) in [6.07, 6.45) is 0.816. The number of hydrogen-bond acceptors (Lipinski definition) is 3. The van der Waals surface area contributed by atoms with Gasteiger partial charge in [0, 0.05) is 11.3 Å². The van der Waals surface area contributed by atoms with Gasteiger partial charge in [0.05, 0.1) is 24.0 Å². The number of nitrogens with one attached hydrogen (secondary N) is 1. The highest BCUT2D eigenvalue weighted by Gasteiger charge is 2.55. The summed E-state index contributed by atoms with van der Waals surface area (Å²) in [5.41, 5.74) is 2.59. The molecule has 0 spiro atoms. The number of hydrogen-bond donors (Lipinski definition) is 2. The molecule has 2 aromatic rings. The smallest absolute Gasteiger partial charge is 0.310 e. The fourth-order valence-corrected chi connectivity index (χ4v) is 4.00. The van der Waals surface area contributed by atoms with Crippen LogP contribution in [0.5, 0.6) is 0 Å². The van der Waals surface area contributed by atoms with E-state index >= 15 is 0 Å². The number of carboxylic acid groups (broad SMARTS) is 1.